The van der Waals surface area contributed by atoms with Gasteiger partial charge in [0.25, 0.3) is 0 Å². The number of benzene rings is 2. The highest BCUT2D eigenvalue weighted by molar-refractivity contribution is 7.99. The van der Waals surface area contributed by atoms with Crippen LogP contribution in [-0.2, 0) is 23.1 Å². The van der Waals surface area contributed by atoms with E-state index in [1.165, 1.54) is 36.0 Å². The predicted molar refractivity (Wildman–Crippen MR) is 116 cm³/mol. The third kappa shape index (κ3) is 5.94. The molecule has 0 aliphatic rings. The lowest BCUT2D eigenvalue weighted by Crippen LogP contribution is -2.17. The fourth-order valence-electron chi connectivity index (χ4n) is 2.41. The molecule has 0 saturated heterocycles. The Bertz CT molecular complexity index is 1080. The maximum atomic E-state index is 12.9. The Morgan fingerprint density at radius 2 is 1.67 bits per heavy atom. The summed E-state index contributed by atoms with van der Waals surface area (Å²) in [5, 5.41) is 14.6. The van der Waals surface area contributed by atoms with Crippen LogP contribution in [0.15, 0.2) is 47.6 Å². The van der Waals surface area contributed by atoms with Gasteiger partial charge in [0.2, 0.25) is 11.8 Å². The highest BCUT2D eigenvalue weighted by Gasteiger charge is 2.15. The molecule has 3 rings (SSSR count). The van der Waals surface area contributed by atoms with E-state index >= 15 is 0 Å². The summed E-state index contributed by atoms with van der Waals surface area (Å²) < 4.78 is 14.6. The predicted octanol–water partition coefficient (Wildman–Crippen LogP) is 4.17. The molecule has 2 aromatic carbocycles. The second kappa shape index (κ2) is 9.92. The number of aromatic nitrogens is 3. The minimum Gasteiger partial charge on any atom is -0.326 e. The molecule has 1 heterocycles. The first kappa shape index (κ1) is 22.1. The largest absolute Gasteiger partial charge is 0.326 e. The number of thioether (sulfide) groups is 1. The molecular weight excluding hydrogens is 452 g/mol. The van der Waals surface area contributed by atoms with Crippen molar-refractivity contribution in [3.05, 3.63) is 64.2 Å². The number of rotatable bonds is 7. The van der Waals surface area contributed by atoms with E-state index in [1.54, 1.807) is 29.8 Å². The third-order valence-electron chi connectivity index (χ3n) is 3.91. The average Bonchev–Trinajstić information content (AvgIpc) is 3.04. The molecule has 0 atom stereocenters. The van der Waals surface area contributed by atoms with Crippen LogP contribution in [0.5, 0.6) is 0 Å². The number of anilines is 2. The molecular formula is C19H16Cl2FN5O2S. The van der Waals surface area contributed by atoms with Gasteiger partial charge in [-0.05, 0) is 42.5 Å². The maximum absolute atomic E-state index is 12.9. The molecule has 0 saturated carbocycles. The van der Waals surface area contributed by atoms with Gasteiger partial charge in [0.05, 0.1) is 22.2 Å². The summed E-state index contributed by atoms with van der Waals surface area (Å²) in [5.74, 6) is -0.423. The third-order valence-corrected chi connectivity index (χ3v) is 5.67. The molecule has 156 valence electrons. The first-order valence-electron chi connectivity index (χ1n) is 8.63. The summed E-state index contributed by atoms with van der Waals surface area (Å²) in [4.78, 5) is 24.3. The van der Waals surface area contributed by atoms with E-state index < -0.39 is 0 Å². The monoisotopic (exact) mass is 467 g/mol. The van der Waals surface area contributed by atoms with Crippen LogP contribution in [0.4, 0.5) is 15.8 Å². The molecule has 2 N–H and O–H groups in total. The molecule has 0 aliphatic carbocycles. The van der Waals surface area contributed by atoms with Crippen LogP contribution in [0.3, 0.4) is 0 Å². The molecule has 1 aromatic heterocycles. The van der Waals surface area contributed by atoms with Crippen LogP contribution in [0.1, 0.15) is 5.82 Å². The van der Waals surface area contributed by atoms with Crippen molar-refractivity contribution in [2.45, 2.75) is 11.6 Å². The van der Waals surface area contributed by atoms with Crippen LogP contribution >= 0.6 is 35.0 Å². The Balaban J connectivity index is 1.53. The quantitative estimate of drug-likeness (QED) is 0.508. The zero-order chi connectivity index (χ0) is 21.7. The van der Waals surface area contributed by atoms with Gasteiger partial charge < -0.3 is 15.2 Å². The standard InChI is InChI=1S/C19H16Cl2FN5O2S/c1-27-16(9-17(28)24-13-6-7-14(20)15(21)8-13)25-26-19(27)30-10-18(29)23-12-4-2-11(22)3-5-12/h2-8H,9-10H2,1H3,(H,23,29)(H,24,28). The van der Waals surface area contributed by atoms with E-state index in [0.29, 0.717) is 32.4 Å². The Morgan fingerprint density at radius 1 is 1.00 bits per heavy atom. The molecule has 0 fully saturated rings. The van der Waals surface area contributed by atoms with Crippen LogP contribution in [0, 0.1) is 5.82 Å². The van der Waals surface area contributed by atoms with Gasteiger partial charge in [0.15, 0.2) is 5.16 Å². The summed E-state index contributed by atoms with van der Waals surface area (Å²) in [6, 6.07) is 10.3. The number of amides is 2. The Morgan fingerprint density at radius 3 is 2.37 bits per heavy atom. The molecule has 0 bridgehead atoms. The smallest absolute Gasteiger partial charge is 0.234 e. The van der Waals surface area contributed by atoms with Gasteiger partial charge in [-0.3, -0.25) is 9.59 Å². The van der Waals surface area contributed by atoms with Crippen LogP contribution in [0.25, 0.3) is 0 Å². The van der Waals surface area contributed by atoms with Crippen molar-refractivity contribution in [3.63, 3.8) is 0 Å². The first-order valence-corrected chi connectivity index (χ1v) is 10.4. The lowest BCUT2D eigenvalue weighted by atomic mass is 10.3. The van der Waals surface area contributed by atoms with Gasteiger partial charge in [0, 0.05) is 18.4 Å². The van der Waals surface area contributed by atoms with Crippen molar-refractivity contribution in [1.82, 2.24) is 14.8 Å². The number of hydrogen-bond acceptors (Lipinski definition) is 5. The van der Waals surface area contributed by atoms with Crippen LogP contribution in [0.2, 0.25) is 10.0 Å². The van der Waals surface area contributed by atoms with Gasteiger partial charge in [-0.15, -0.1) is 10.2 Å². The van der Waals surface area contributed by atoms with E-state index in [2.05, 4.69) is 20.8 Å². The topological polar surface area (TPSA) is 88.9 Å². The molecule has 11 heteroatoms. The van der Waals surface area contributed by atoms with Crippen molar-refractivity contribution in [3.8, 4) is 0 Å². The fourth-order valence-corrected chi connectivity index (χ4v) is 3.44. The lowest BCUT2D eigenvalue weighted by molar-refractivity contribution is -0.116. The second-order valence-corrected chi connectivity index (χ2v) is 7.91. The lowest BCUT2D eigenvalue weighted by Gasteiger charge is -2.07. The Hall–Kier alpha value is -2.62. The average molecular weight is 468 g/mol. The summed E-state index contributed by atoms with van der Waals surface area (Å²) in [7, 11) is 1.71. The summed E-state index contributed by atoms with van der Waals surface area (Å²) >= 11 is 13.0. The van der Waals surface area contributed by atoms with Gasteiger partial charge in [-0.25, -0.2) is 4.39 Å². The van der Waals surface area contributed by atoms with Gasteiger partial charge in [-0.2, -0.15) is 0 Å². The van der Waals surface area contributed by atoms with E-state index in [1.807, 2.05) is 0 Å². The van der Waals surface area contributed by atoms with E-state index in [0.717, 1.165) is 0 Å². The maximum Gasteiger partial charge on any atom is 0.234 e. The van der Waals surface area contributed by atoms with Crippen molar-refractivity contribution in [2.75, 3.05) is 16.4 Å². The zero-order valence-corrected chi connectivity index (χ0v) is 18.0. The Labute approximate surface area is 186 Å². The first-order chi connectivity index (χ1) is 14.3. The van der Waals surface area contributed by atoms with Gasteiger partial charge >= 0.3 is 0 Å². The molecule has 3 aromatic rings. The minimum atomic E-state index is -0.378. The number of carbonyl (C=O) groups excluding carboxylic acids is 2. The van der Waals surface area contributed by atoms with E-state index in [4.69, 9.17) is 23.2 Å². The van der Waals surface area contributed by atoms with Crippen molar-refractivity contribution >= 4 is 58.2 Å². The molecule has 7 nitrogen and oxygen atoms in total. The van der Waals surface area contributed by atoms with Gasteiger partial charge in [-0.1, -0.05) is 35.0 Å². The molecule has 0 aliphatic heterocycles. The van der Waals surface area contributed by atoms with E-state index in [9.17, 15) is 14.0 Å². The number of hydrogen-bond donors (Lipinski definition) is 2. The van der Waals surface area contributed by atoms with Crippen molar-refractivity contribution in [1.29, 1.82) is 0 Å². The number of carbonyl (C=O) groups is 2. The number of halogens is 3. The highest BCUT2D eigenvalue weighted by atomic mass is 35.5. The Kier molecular flexibility index (Phi) is 7.30. The SMILES string of the molecule is Cn1c(CC(=O)Nc2ccc(Cl)c(Cl)c2)nnc1SCC(=O)Nc1ccc(F)cc1. The molecule has 2 amide bonds. The molecule has 0 spiro atoms. The van der Waals surface area contributed by atoms with Crippen LogP contribution in [-0.4, -0.2) is 32.3 Å². The van der Waals surface area contributed by atoms with Crippen molar-refractivity contribution < 1.29 is 14.0 Å². The normalized spacial score (nSPS) is 10.7. The van der Waals surface area contributed by atoms with Gasteiger partial charge in [0.1, 0.15) is 11.6 Å². The van der Waals surface area contributed by atoms with Crippen LogP contribution < -0.4 is 10.6 Å². The molecule has 30 heavy (non-hydrogen) atoms. The highest BCUT2D eigenvalue weighted by Crippen LogP contribution is 2.25. The summed E-state index contributed by atoms with van der Waals surface area (Å²) in [6.07, 6.45) is -0.00786. The summed E-state index contributed by atoms with van der Waals surface area (Å²) in [6.45, 7) is 0. The summed E-state index contributed by atoms with van der Waals surface area (Å²) in [5.41, 5.74) is 1.02. The second-order valence-electron chi connectivity index (χ2n) is 6.16. The number of nitrogens with one attached hydrogen (secondary N) is 2. The number of nitrogens with zero attached hydrogens (tertiary/aromatic N) is 3. The zero-order valence-electron chi connectivity index (χ0n) is 15.7. The van der Waals surface area contributed by atoms with Crippen molar-refractivity contribution in [2.24, 2.45) is 7.05 Å². The molecule has 0 radical (unpaired) electrons. The van der Waals surface area contributed by atoms with E-state index in [-0.39, 0.29) is 29.8 Å². The molecule has 0 unspecified atom stereocenters. The fraction of sp³-hybridized carbons (Fsp3) is 0.158. The minimum absolute atomic E-state index is 0.00786.